The van der Waals surface area contributed by atoms with E-state index in [-0.39, 0.29) is 12.0 Å². The normalized spacial score (nSPS) is 12.3. The fraction of sp³-hybridized carbons (Fsp3) is 0.625. The third kappa shape index (κ3) is 3.18. The standard InChI is InChI=1S/C8H15NO2/c1-5-9-7(6(2)3)8(10)11-4/h7,9H,2,5H2,1,3-4H3. The van der Waals surface area contributed by atoms with Gasteiger partial charge in [0.1, 0.15) is 6.04 Å². The number of carbonyl (C=O) groups is 1. The van der Waals surface area contributed by atoms with Crippen molar-refractivity contribution in [1.82, 2.24) is 5.32 Å². The summed E-state index contributed by atoms with van der Waals surface area (Å²) >= 11 is 0. The van der Waals surface area contributed by atoms with E-state index in [0.717, 1.165) is 12.1 Å². The summed E-state index contributed by atoms with van der Waals surface area (Å²) in [5.74, 6) is -0.278. The van der Waals surface area contributed by atoms with Gasteiger partial charge in [0, 0.05) is 0 Å². The van der Waals surface area contributed by atoms with Gasteiger partial charge in [-0.25, -0.2) is 0 Å². The average Bonchev–Trinajstić information content (AvgIpc) is 1.98. The summed E-state index contributed by atoms with van der Waals surface area (Å²) in [5, 5.41) is 2.96. The molecule has 1 N–H and O–H groups in total. The first kappa shape index (κ1) is 10.2. The number of nitrogens with one attached hydrogen (secondary N) is 1. The quantitative estimate of drug-likeness (QED) is 0.482. The molecule has 0 aromatic carbocycles. The van der Waals surface area contributed by atoms with E-state index in [1.165, 1.54) is 7.11 Å². The van der Waals surface area contributed by atoms with Crippen LogP contribution < -0.4 is 5.32 Å². The van der Waals surface area contributed by atoms with Gasteiger partial charge < -0.3 is 10.1 Å². The summed E-state index contributed by atoms with van der Waals surface area (Å²) in [4.78, 5) is 11.0. The SMILES string of the molecule is C=C(C)C(NCC)C(=O)OC. The molecule has 0 fully saturated rings. The Bertz CT molecular complexity index is 154. The molecule has 3 nitrogen and oxygen atoms in total. The summed E-state index contributed by atoms with van der Waals surface area (Å²) in [7, 11) is 1.37. The first-order valence-corrected chi connectivity index (χ1v) is 3.60. The van der Waals surface area contributed by atoms with Crippen LogP contribution >= 0.6 is 0 Å². The Labute approximate surface area is 67.4 Å². The lowest BCUT2D eigenvalue weighted by atomic mass is 10.1. The van der Waals surface area contributed by atoms with Gasteiger partial charge in [-0.05, 0) is 13.5 Å². The molecule has 0 saturated heterocycles. The number of hydrogen-bond acceptors (Lipinski definition) is 3. The maximum Gasteiger partial charge on any atom is 0.327 e. The highest BCUT2D eigenvalue weighted by atomic mass is 16.5. The summed E-state index contributed by atoms with van der Waals surface area (Å²) < 4.78 is 4.56. The van der Waals surface area contributed by atoms with Crippen LogP contribution in [-0.4, -0.2) is 25.7 Å². The molecule has 0 aliphatic rings. The second-order valence-corrected chi connectivity index (χ2v) is 2.36. The van der Waals surface area contributed by atoms with Crippen molar-refractivity contribution < 1.29 is 9.53 Å². The number of methoxy groups -OCH3 is 1. The number of esters is 1. The third-order valence-electron chi connectivity index (χ3n) is 1.34. The smallest absolute Gasteiger partial charge is 0.327 e. The van der Waals surface area contributed by atoms with Crippen LogP contribution in [0, 0.1) is 0 Å². The Balaban J connectivity index is 4.09. The van der Waals surface area contributed by atoms with Crippen LogP contribution in [0.15, 0.2) is 12.2 Å². The Morgan fingerprint density at radius 1 is 1.73 bits per heavy atom. The van der Waals surface area contributed by atoms with E-state index in [2.05, 4.69) is 16.6 Å². The minimum atomic E-state index is -0.356. The van der Waals surface area contributed by atoms with E-state index < -0.39 is 0 Å². The molecular formula is C8H15NO2. The van der Waals surface area contributed by atoms with E-state index in [1.54, 1.807) is 6.92 Å². The highest BCUT2D eigenvalue weighted by Gasteiger charge is 2.17. The number of ether oxygens (including phenoxy) is 1. The molecule has 0 saturated carbocycles. The first-order valence-electron chi connectivity index (χ1n) is 3.60. The average molecular weight is 157 g/mol. The number of carbonyl (C=O) groups excluding carboxylic acids is 1. The van der Waals surface area contributed by atoms with E-state index in [0.29, 0.717) is 0 Å². The highest BCUT2D eigenvalue weighted by molar-refractivity contribution is 5.79. The fourth-order valence-electron chi connectivity index (χ4n) is 0.781. The number of hydrogen-bond donors (Lipinski definition) is 1. The molecule has 11 heavy (non-hydrogen) atoms. The lowest BCUT2D eigenvalue weighted by Gasteiger charge is -2.14. The van der Waals surface area contributed by atoms with Crippen LogP contribution in [0.1, 0.15) is 13.8 Å². The van der Waals surface area contributed by atoms with Gasteiger partial charge in [0.25, 0.3) is 0 Å². The molecule has 0 amide bonds. The Kier molecular flexibility index (Phi) is 4.54. The highest BCUT2D eigenvalue weighted by Crippen LogP contribution is 1.99. The molecule has 0 aromatic rings. The Morgan fingerprint density at radius 2 is 2.27 bits per heavy atom. The molecule has 1 atom stereocenters. The maximum atomic E-state index is 11.0. The minimum Gasteiger partial charge on any atom is -0.468 e. The van der Waals surface area contributed by atoms with Crippen LogP contribution in [0.25, 0.3) is 0 Å². The first-order chi connectivity index (χ1) is 5.13. The van der Waals surface area contributed by atoms with Gasteiger partial charge >= 0.3 is 5.97 Å². The number of likely N-dealkylation sites (N-methyl/N-ethyl adjacent to an activating group) is 1. The van der Waals surface area contributed by atoms with E-state index in [4.69, 9.17) is 0 Å². The van der Waals surface area contributed by atoms with Crippen LogP contribution in [0.5, 0.6) is 0 Å². The van der Waals surface area contributed by atoms with E-state index in [1.807, 2.05) is 6.92 Å². The van der Waals surface area contributed by atoms with Gasteiger partial charge in [-0.15, -0.1) is 0 Å². The monoisotopic (exact) mass is 157 g/mol. The molecule has 64 valence electrons. The van der Waals surface area contributed by atoms with Gasteiger partial charge in [0.05, 0.1) is 7.11 Å². The molecule has 0 aliphatic heterocycles. The molecule has 0 spiro atoms. The lowest BCUT2D eigenvalue weighted by Crippen LogP contribution is -2.38. The van der Waals surface area contributed by atoms with Crippen molar-refractivity contribution in [3.63, 3.8) is 0 Å². The molecule has 3 heteroatoms. The Morgan fingerprint density at radius 3 is 2.55 bits per heavy atom. The van der Waals surface area contributed by atoms with Gasteiger partial charge in [0.15, 0.2) is 0 Å². The largest absolute Gasteiger partial charge is 0.468 e. The summed E-state index contributed by atoms with van der Waals surface area (Å²) in [6.45, 7) is 8.13. The summed E-state index contributed by atoms with van der Waals surface area (Å²) in [6, 6.07) is -0.356. The maximum absolute atomic E-state index is 11.0. The van der Waals surface area contributed by atoms with Crippen molar-refractivity contribution in [2.45, 2.75) is 19.9 Å². The van der Waals surface area contributed by atoms with Crippen molar-refractivity contribution in [2.24, 2.45) is 0 Å². The zero-order chi connectivity index (χ0) is 8.85. The molecule has 0 heterocycles. The van der Waals surface area contributed by atoms with Gasteiger partial charge in [-0.2, -0.15) is 0 Å². The molecule has 0 rings (SSSR count). The number of rotatable bonds is 4. The van der Waals surface area contributed by atoms with Crippen molar-refractivity contribution in [3.8, 4) is 0 Å². The second kappa shape index (κ2) is 4.91. The molecule has 0 aromatic heterocycles. The predicted molar refractivity (Wildman–Crippen MR) is 44.3 cm³/mol. The van der Waals surface area contributed by atoms with Crippen molar-refractivity contribution >= 4 is 5.97 Å². The molecular weight excluding hydrogens is 142 g/mol. The topological polar surface area (TPSA) is 38.3 Å². The Hall–Kier alpha value is -0.830. The van der Waals surface area contributed by atoms with Gasteiger partial charge in [0.2, 0.25) is 0 Å². The summed E-state index contributed by atoms with van der Waals surface area (Å²) in [6.07, 6.45) is 0. The molecule has 1 unspecified atom stereocenters. The van der Waals surface area contributed by atoms with Gasteiger partial charge in [-0.3, -0.25) is 4.79 Å². The molecule has 0 bridgehead atoms. The zero-order valence-electron chi connectivity index (χ0n) is 7.31. The predicted octanol–water partition coefficient (Wildman–Crippen LogP) is 0.714. The van der Waals surface area contributed by atoms with Crippen molar-refractivity contribution in [1.29, 1.82) is 0 Å². The third-order valence-corrected chi connectivity index (χ3v) is 1.34. The molecule has 0 aliphatic carbocycles. The fourth-order valence-corrected chi connectivity index (χ4v) is 0.781. The van der Waals surface area contributed by atoms with Crippen LogP contribution in [-0.2, 0) is 9.53 Å². The van der Waals surface area contributed by atoms with E-state index >= 15 is 0 Å². The lowest BCUT2D eigenvalue weighted by molar-refractivity contribution is -0.142. The van der Waals surface area contributed by atoms with Crippen LogP contribution in [0.4, 0.5) is 0 Å². The van der Waals surface area contributed by atoms with Crippen LogP contribution in [0.3, 0.4) is 0 Å². The minimum absolute atomic E-state index is 0.278. The van der Waals surface area contributed by atoms with Crippen LogP contribution in [0.2, 0.25) is 0 Å². The van der Waals surface area contributed by atoms with Crippen molar-refractivity contribution in [2.75, 3.05) is 13.7 Å². The zero-order valence-corrected chi connectivity index (χ0v) is 7.31. The second-order valence-electron chi connectivity index (χ2n) is 2.36. The van der Waals surface area contributed by atoms with Gasteiger partial charge in [-0.1, -0.05) is 19.1 Å². The van der Waals surface area contributed by atoms with E-state index in [9.17, 15) is 4.79 Å². The molecule has 0 radical (unpaired) electrons. The summed E-state index contributed by atoms with van der Waals surface area (Å²) in [5.41, 5.74) is 0.777. The van der Waals surface area contributed by atoms with Crippen molar-refractivity contribution in [3.05, 3.63) is 12.2 Å².